The Bertz CT molecular complexity index is 264. The third kappa shape index (κ3) is 2.33. The van der Waals surface area contributed by atoms with Crippen molar-refractivity contribution in [2.45, 2.75) is 37.6 Å². The van der Waals surface area contributed by atoms with Gasteiger partial charge < -0.3 is 4.57 Å². The van der Waals surface area contributed by atoms with Gasteiger partial charge in [-0.05, 0) is 18.8 Å². The standard InChI is InChI=1S/C10H15BrN2/c11-5-10-7-13(8-12-10)6-9-3-1-2-4-9/h7-9H,1-6H2. The Labute approximate surface area is 87.5 Å². The molecule has 13 heavy (non-hydrogen) atoms. The Morgan fingerprint density at radius 1 is 1.46 bits per heavy atom. The maximum atomic E-state index is 4.29. The Morgan fingerprint density at radius 2 is 2.23 bits per heavy atom. The molecule has 2 rings (SSSR count). The normalized spacial score (nSPS) is 18.2. The molecule has 72 valence electrons. The molecule has 0 saturated heterocycles. The topological polar surface area (TPSA) is 17.8 Å². The van der Waals surface area contributed by atoms with E-state index in [1.54, 1.807) is 0 Å². The molecule has 0 aromatic carbocycles. The lowest BCUT2D eigenvalue weighted by atomic mass is 10.1. The molecule has 0 amide bonds. The number of aromatic nitrogens is 2. The molecule has 2 nitrogen and oxygen atoms in total. The third-order valence-electron chi connectivity index (χ3n) is 2.77. The number of hydrogen-bond acceptors (Lipinski definition) is 1. The summed E-state index contributed by atoms with van der Waals surface area (Å²) in [6.45, 7) is 1.17. The van der Waals surface area contributed by atoms with Crippen molar-refractivity contribution in [2.75, 3.05) is 0 Å². The minimum Gasteiger partial charge on any atom is -0.337 e. The van der Waals surface area contributed by atoms with Crippen molar-refractivity contribution in [1.82, 2.24) is 9.55 Å². The van der Waals surface area contributed by atoms with E-state index in [4.69, 9.17) is 0 Å². The number of imidazole rings is 1. The molecule has 0 spiro atoms. The zero-order valence-electron chi connectivity index (χ0n) is 7.75. The first kappa shape index (κ1) is 9.25. The van der Waals surface area contributed by atoms with Gasteiger partial charge in [0.15, 0.2) is 0 Å². The van der Waals surface area contributed by atoms with E-state index < -0.39 is 0 Å². The fourth-order valence-corrected chi connectivity index (χ4v) is 2.36. The summed E-state index contributed by atoms with van der Waals surface area (Å²) >= 11 is 3.41. The second-order valence-corrected chi connectivity index (χ2v) is 4.41. The van der Waals surface area contributed by atoms with E-state index in [1.165, 1.54) is 32.2 Å². The monoisotopic (exact) mass is 242 g/mol. The lowest BCUT2D eigenvalue weighted by Crippen LogP contribution is -2.04. The van der Waals surface area contributed by atoms with Crippen LogP contribution in [0, 0.1) is 5.92 Å². The first-order valence-corrected chi connectivity index (χ1v) is 6.07. The molecule has 0 unspecified atom stereocenters. The summed E-state index contributed by atoms with van der Waals surface area (Å²) in [5.41, 5.74) is 1.14. The fraction of sp³-hybridized carbons (Fsp3) is 0.700. The first-order valence-electron chi connectivity index (χ1n) is 4.95. The van der Waals surface area contributed by atoms with Crippen molar-refractivity contribution < 1.29 is 0 Å². The Hall–Kier alpha value is -0.310. The summed E-state index contributed by atoms with van der Waals surface area (Å²) in [6, 6.07) is 0. The molecule has 1 heterocycles. The molecule has 0 radical (unpaired) electrons. The number of nitrogens with zero attached hydrogens (tertiary/aromatic N) is 2. The smallest absolute Gasteiger partial charge is 0.0949 e. The van der Waals surface area contributed by atoms with Crippen molar-refractivity contribution in [2.24, 2.45) is 5.92 Å². The van der Waals surface area contributed by atoms with Gasteiger partial charge in [0, 0.05) is 18.1 Å². The van der Waals surface area contributed by atoms with E-state index in [-0.39, 0.29) is 0 Å². The summed E-state index contributed by atoms with van der Waals surface area (Å²) in [6.07, 6.45) is 9.75. The van der Waals surface area contributed by atoms with Gasteiger partial charge in [-0.2, -0.15) is 0 Å². The van der Waals surface area contributed by atoms with Crippen molar-refractivity contribution >= 4 is 15.9 Å². The van der Waals surface area contributed by atoms with Gasteiger partial charge in [-0.1, -0.05) is 28.8 Å². The van der Waals surface area contributed by atoms with Gasteiger partial charge in [0.05, 0.1) is 12.0 Å². The Morgan fingerprint density at radius 3 is 2.85 bits per heavy atom. The molecule has 0 N–H and O–H groups in total. The zero-order valence-corrected chi connectivity index (χ0v) is 9.33. The summed E-state index contributed by atoms with van der Waals surface area (Å²) in [5.74, 6) is 0.900. The minimum absolute atomic E-state index is 0.866. The van der Waals surface area contributed by atoms with E-state index in [9.17, 15) is 0 Å². The predicted octanol–water partition coefficient (Wildman–Crippen LogP) is 2.97. The van der Waals surface area contributed by atoms with Crippen LogP contribution in [0.5, 0.6) is 0 Å². The quantitative estimate of drug-likeness (QED) is 0.746. The van der Waals surface area contributed by atoms with E-state index in [1.807, 2.05) is 6.33 Å². The van der Waals surface area contributed by atoms with Gasteiger partial charge in [-0.3, -0.25) is 0 Å². The molecular formula is C10H15BrN2. The first-order chi connectivity index (χ1) is 6.38. The van der Waals surface area contributed by atoms with Gasteiger partial charge in [0.25, 0.3) is 0 Å². The van der Waals surface area contributed by atoms with E-state index in [2.05, 4.69) is 31.7 Å². The van der Waals surface area contributed by atoms with Crippen LogP contribution in [0.4, 0.5) is 0 Å². The van der Waals surface area contributed by atoms with Gasteiger partial charge in [-0.25, -0.2) is 4.98 Å². The van der Waals surface area contributed by atoms with Crippen LogP contribution in [-0.4, -0.2) is 9.55 Å². The molecule has 1 fully saturated rings. The van der Waals surface area contributed by atoms with Crippen LogP contribution in [0.25, 0.3) is 0 Å². The van der Waals surface area contributed by atoms with Crippen molar-refractivity contribution in [3.05, 3.63) is 18.2 Å². The predicted molar refractivity (Wildman–Crippen MR) is 56.8 cm³/mol. The molecule has 0 aliphatic heterocycles. The summed E-state index contributed by atoms with van der Waals surface area (Å²) in [7, 11) is 0. The Balaban J connectivity index is 1.92. The van der Waals surface area contributed by atoms with E-state index >= 15 is 0 Å². The van der Waals surface area contributed by atoms with Crippen LogP contribution in [0.1, 0.15) is 31.4 Å². The molecule has 3 heteroatoms. The number of halogens is 1. The third-order valence-corrected chi connectivity index (χ3v) is 3.34. The summed E-state index contributed by atoms with van der Waals surface area (Å²) in [5, 5.41) is 0.866. The summed E-state index contributed by atoms with van der Waals surface area (Å²) in [4.78, 5) is 4.29. The van der Waals surface area contributed by atoms with E-state index in [0.29, 0.717) is 0 Å². The average molecular weight is 243 g/mol. The van der Waals surface area contributed by atoms with Crippen LogP contribution in [0.15, 0.2) is 12.5 Å². The SMILES string of the molecule is BrCc1cn(CC2CCCC2)cn1. The number of alkyl halides is 1. The highest BCUT2D eigenvalue weighted by Gasteiger charge is 2.15. The van der Waals surface area contributed by atoms with Crippen LogP contribution < -0.4 is 0 Å². The van der Waals surface area contributed by atoms with Crippen LogP contribution in [0.2, 0.25) is 0 Å². The van der Waals surface area contributed by atoms with Crippen molar-refractivity contribution in [1.29, 1.82) is 0 Å². The Kier molecular flexibility index (Phi) is 3.04. The molecule has 1 aromatic rings. The van der Waals surface area contributed by atoms with E-state index in [0.717, 1.165) is 16.9 Å². The van der Waals surface area contributed by atoms with Gasteiger partial charge >= 0.3 is 0 Å². The maximum Gasteiger partial charge on any atom is 0.0949 e. The average Bonchev–Trinajstić information content (AvgIpc) is 2.76. The minimum atomic E-state index is 0.866. The number of rotatable bonds is 3. The van der Waals surface area contributed by atoms with Crippen LogP contribution >= 0.6 is 15.9 Å². The van der Waals surface area contributed by atoms with Gasteiger partial charge in [-0.15, -0.1) is 0 Å². The molecule has 1 aliphatic rings. The molecule has 0 bridgehead atoms. The molecular weight excluding hydrogens is 228 g/mol. The number of hydrogen-bond donors (Lipinski definition) is 0. The highest BCUT2D eigenvalue weighted by molar-refractivity contribution is 9.08. The molecule has 1 aromatic heterocycles. The van der Waals surface area contributed by atoms with Crippen LogP contribution in [0.3, 0.4) is 0 Å². The van der Waals surface area contributed by atoms with Crippen molar-refractivity contribution in [3.63, 3.8) is 0 Å². The second-order valence-electron chi connectivity index (χ2n) is 3.85. The van der Waals surface area contributed by atoms with Crippen molar-refractivity contribution in [3.8, 4) is 0 Å². The largest absolute Gasteiger partial charge is 0.337 e. The molecule has 1 saturated carbocycles. The molecule has 1 aliphatic carbocycles. The highest BCUT2D eigenvalue weighted by Crippen LogP contribution is 2.26. The fourth-order valence-electron chi connectivity index (χ4n) is 2.07. The maximum absolute atomic E-state index is 4.29. The van der Waals surface area contributed by atoms with Gasteiger partial charge in [0.2, 0.25) is 0 Å². The highest BCUT2D eigenvalue weighted by atomic mass is 79.9. The van der Waals surface area contributed by atoms with Gasteiger partial charge in [0.1, 0.15) is 0 Å². The summed E-state index contributed by atoms with van der Waals surface area (Å²) < 4.78 is 2.23. The lowest BCUT2D eigenvalue weighted by molar-refractivity contribution is 0.457. The lowest BCUT2D eigenvalue weighted by Gasteiger charge is -2.08. The molecule has 0 atom stereocenters. The second kappa shape index (κ2) is 4.27. The zero-order chi connectivity index (χ0) is 9.10. The van der Waals surface area contributed by atoms with Crippen LogP contribution in [-0.2, 0) is 11.9 Å².